The molecule has 0 saturated heterocycles. The molecule has 68 valence electrons. The average molecular weight is 273 g/mol. The van der Waals surface area contributed by atoms with Gasteiger partial charge in [-0.2, -0.15) is 17.5 Å². The molecule has 1 N–H and O–H groups in total. The van der Waals surface area contributed by atoms with E-state index in [0.717, 1.165) is 0 Å². The second kappa shape index (κ2) is 7.37. The molecule has 0 amide bonds. The van der Waals surface area contributed by atoms with Gasteiger partial charge in [0.15, 0.2) is 0 Å². The van der Waals surface area contributed by atoms with Crippen molar-refractivity contribution in [3.8, 4) is 0 Å². The van der Waals surface area contributed by atoms with Crippen molar-refractivity contribution >= 4 is 22.4 Å². The van der Waals surface area contributed by atoms with Crippen molar-refractivity contribution in [2.75, 3.05) is 6.07 Å². The fourth-order valence-corrected chi connectivity index (χ4v) is 1.07. The maximum Gasteiger partial charge on any atom is 0.117 e. The van der Waals surface area contributed by atoms with Crippen molar-refractivity contribution in [3.63, 3.8) is 0 Å². The first-order valence-electron chi connectivity index (χ1n) is 3.65. The molecule has 0 aromatic heterocycles. The molecule has 13 heavy (non-hydrogen) atoms. The predicted molar refractivity (Wildman–Crippen MR) is 52.5 cm³/mol. The smallest absolute Gasteiger partial charge is 0.117 e. The van der Waals surface area contributed by atoms with Gasteiger partial charge >= 0.3 is 0 Å². The summed E-state index contributed by atoms with van der Waals surface area (Å²) in [5.41, 5.74) is 0. The molecule has 0 bridgehead atoms. The molecule has 0 spiro atoms. The Kier molecular flexibility index (Phi) is 7.35. The van der Waals surface area contributed by atoms with E-state index < -0.39 is 0 Å². The third-order valence-corrected chi connectivity index (χ3v) is 1.55. The average Bonchev–Trinajstić information content (AvgIpc) is 2.52. The van der Waals surface area contributed by atoms with Crippen LogP contribution in [0, 0.1) is 0 Å². The van der Waals surface area contributed by atoms with Crippen LogP contribution in [0.4, 0.5) is 0 Å². The van der Waals surface area contributed by atoms with Gasteiger partial charge in [-0.05, 0) is 0 Å². The molecule has 0 atom stereocenters. The number of aliphatic hydroxyl groups excluding tert-OH is 1. The van der Waals surface area contributed by atoms with Crippen LogP contribution in [0.15, 0.2) is 42.5 Å². The van der Waals surface area contributed by atoms with Gasteiger partial charge in [-0.15, -0.1) is 29.7 Å². The second-order valence-corrected chi connectivity index (χ2v) is 2.51. The van der Waals surface area contributed by atoms with E-state index in [1.54, 1.807) is 0 Å². The van der Waals surface area contributed by atoms with Crippen LogP contribution < -0.4 is 0 Å². The van der Waals surface area contributed by atoms with Gasteiger partial charge in [0.1, 0.15) is 6.07 Å². The van der Waals surface area contributed by atoms with E-state index in [1.165, 1.54) is 10.8 Å². The Labute approximate surface area is 102 Å². The topological polar surface area (TPSA) is 20.2 Å². The molecule has 1 nitrogen and oxygen atoms in total. The standard InChI is InChI=1S/C9H7.CH3ClO.Zr/c1-2-5-9-7-3-6-8(9)4-1;2-1-3;/h1-7H;3H,1H2;/q-1;;. The van der Waals surface area contributed by atoms with Gasteiger partial charge < -0.3 is 5.11 Å². The molecule has 0 radical (unpaired) electrons. The van der Waals surface area contributed by atoms with Crippen molar-refractivity contribution in [2.45, 2.75) is 0 Å². The summed E-state index contributed by atoms with van der Waals surface area (Å²) in [5, 5.41) is 10.00. The first-order valence-corrected chi connectivity index (χ1v) is 4.19. The van der Waals surface area contributed by atoms with Gasteiger partial charge in [-0.25, -0.2) is 0 Å². The van der Waals surface area contributed by atoms with Crippen LogP contribution in [0.1, 0.15) is 0 Å². The Bertz CT molecular complexity index is 302. The third kappa shape index (κ3) is 4.13. The number of benzene rings is 1. The second-order valence-electron chi connectivity index (χ2n) is 2.27. The van der Waals surface area contributed by atoms with Gasteiger partial charge in [0.05, 0.1) is 0 Å². The molecule has 2 aromatic rings. The number of hydrogen-bond donors (Lipinski definition) is 1. The van der Waals surface area contributed by atoms with Crippen LogP contribution in [0.5, 0.6) is 0 Å². The van der Waals surface area contributed by atoms with E-state index in [1.807, 2.05) is 0 Å². The van der Waals surface area contributed by atoms with E-state index >= 15 is 0 Å². The summed E-state index contributed by atoms with van der Waals surface area (Å²) in [5.74, 6) is 0. The molecular formula is C10H10ClOZr-. The van der Waals surface area contributed by atoms with E-state index in [0.29, 0.717) is 0 Å². The van der Waals surface area contributed by atoms with Crippen LogP contribution in [-0.4, -0.2) is 11.2 Å². The van der Waals surface area contributed by atoms with Crippen LogP contribution in [0.25, 0.3) is 10.8 Å². The first-order chi connectivity index (χ1) is 5.88. The Morgan fingerprint density at radius 1 is 1.23 bits per heavy atom. The summed E-state index contributed by atoms with van der Waals surface area (Å²) in [4.78, 5) is 0. The molecule has 0 aliphatic heterocycles. The van der Waals surface area contributed by atoms with Crippen LogP contribution >= 0.6 is 11.6 Å². The Balaban J connectivity index is 0.000000324. The molecule has 0 aliphatic carbocycles. The Morgan fingerprint density at radius 3 is 2.46 bits per heavy atom. The fraction of sp³-hybridized carbons (Fsp3) is 0.100. The van der Waals surface area contributed by atoms with Gasteiger partial charge in [0, 0.05) is 26.2 Å². The molecule has 0 heterocycles. The molecule has 0 unspecified atom stereocenters. The monoisotopic (exact) mass is 271 g/mol. The summed E-state index contributed by atoms with van der Waals surface area (Å²) in [7, 11) is 0. The van der Waals surface area contributed by atoms with Crippen molar-refractivity contribution in [2.24, 2.45) is 0 Å². The largest absolute Gasteiger partial charge is 0.381 e. The molecule has 3 heteroatoms. The van der Waals surface area contributed by atoms with E-state index in [4.69, 9.17) is 5.11 Å². The molecule has 0 aliphatic rings. The minimum Gasteiger partial charge on any atom is -0.381 e. The first kappa shape index (κ1) is 13.0. The quantitative estimate of drug-likeness (QED) is 0.578. The maximum absolute atomic E-state index is 7.33. The Morgan fingerprint density at radius 2 is 1.85 bits per heavy atom. The van der Waals surface area contributed by atoms with E-state index in [2.05, 4.69) is 54.1 Å². The number of hydrogen-bond acceptors (Lipinski definition) is 1. The number of rotatable bonds is 0. The SMILES string of the molecule is OCCl.[Zr].c1ccc2[cH-]ccc2c1. The summed E-state index contributed by atoms with van der Waals surface area (Å²) in [6.45, 7) is 0. The molecule has 2 aromatic carbocycles. The fourth-order valence-electron chi connectivity index (χ4n) is 1.07. The molecule has 0 saturated carbocycles. The third-order valence-electron chi connectivity index (χ3n) is 1.55. The van der Waals surface area contributed by atoms with Crippen molar-refractivity contribution < 1.29 is 31.3 Å². The zero-order chi connectivity index (χ0) is 8.81. The Hall–Kier alpha value is -0.0369. The van der Waals surface area contributed by atoms with Crippen molar-refractivity contribution in [1.82, 2.24) is 0 Å². The maximum atomic E-state index is 7.33. The van der Waals surface area contributed by atoms with Gasteiger partial charge in [-0.1, -0.05) is 17.7 Å². The van der Waals surface area contributed by atoms with Crippen LogP contribution in [0.3, 0.4) is 0 Å². The zero-order valence-corrected chi connectivity index (χ0v) is 10.3. The minimum absolute atomic E-state index is 0. The van der Waals surface area contributed by atoms with E-state index in [-0.39, 0.29) is 32.3 Å². The number of aliphatic hydroxyl groups is 1. The number of alkyl halides is 1. The summed E-state index contributed by atoms with van der Waals surface area (Å²) in [6, 6.07) is 14.4. The van der Waals surface area contributed by atoms with E-state index in [9.17, 15) is 0 Å². The summed E-state index contributed by atoms with van der Waals surface area (Å²) < 4.78 is 0. The number of halogens is 1. The number of fused-ring (bicyclic) bond motifs is 1. The minimum atomic E-state index is -0.278. The summed E-state index contributed by atoms with van der Waals surface area (Å²) >= 11 is 4.55. The van der Waals surface area contributed by atoms with Gasteiger partial charge in [0.25, 0.3) is 0 Å². The normalized spacial score (nSPS) is 8.46. The van der Waals surface area contributed by atoms with Gasteiger partial charge in [-0.3, -0.25) is 0 Å². The molecular weight excluding hydrogens is 263 g/mol. The van der Waals surface area contributed by atoms with Crippen molar-refractivity contribution in [3.05, 3.63) is 42.5 Å². The van der Waals surface area contributed by atoms with Crippen LogP contribution in [-0.2, 0) is 26.2 Å². The van der Waals surface area contributed by atoms with Gasteiger partial charge in [0.2, 0.25) is 0 Å². The predicted octanol–water partition coefficient (Wildman–Crippen LogP) is 2.73. The molecule has 0 fully saturated rings. The zero-order valence-electron chi connectivity index (χ0n) is 7.07. The molecule has 2 rings (SSSR count). The van der Waals surface area contributed by atoms with Crippen LogP contribution in [0.2, 0.25) is 0 Å². The van der Waals surface area contributed by atoms with Crippen molar-refractivity contribution in [1.29, 1.82) is 0 Å². The summed E-state index contributed by atoms with van der Waals surface area (Å²) in [6.07, 6.45) is 0.